The number of nitro benzene ring substituents is 1. The number of nitro groups is 1. The van der Waals surface area contributed by atoms with Crippen LogP contribution in [0.2, 0.25) is 5.02 Å². The summed E-state index contributed by atoms with van der Waals surface area (Å²) < 4.78 is 39.7. The lowest BCUT2D eigenvalue weighted by molar-refractivity contribution is -0.384. The van der Waals surface area contributed by atoms with Crippen molar-refractivity contribution in [3.05, 3.63) is 62.7 Å². The number of rotatable bonds is 4. The van der Waals surface area contributed by atoms with Gasteiger partial charge in [-0.15, -0.1) is 0 Å². The maximum Gasteiger partial charge on any atom is 0.416 e. The summed E-state index contributed by atoms with van der Waals surface area (Å²) >= 11 is 5.68. The van der Waals surface area contributed by atoms with Gasteiger partial charge in [0, 0.05) is 17.4 Å². The number of carbonyl (C=O) groups excluding carboxylic acids is 1. The summed E-state index contributed by atoms with van der Waals surface area (Å²) in [6.07, 6.45) is -4.56. The molecule has 2 aromatic rings. The Morgan fingerprint density at radius 2 is 1.67 bits per heavy atom. The van der Waals surface area contributed by atoms with Crippen LogP contribution in [0.3, 0.4) is 0 Å². The fraction of sp³-hybridized carbons (Fsp3) is 0.235. The molecule has 0 aliphatic rings. The molecular formula is C17H15ClF3N3O3. The highest BCUT2D eigenvalue weighted by atomic mass is 35.5. The Kier molecular flexibility index (Phi) is 5.94. The van der Waals surface area contributed by atoms with Crippen LogP contribution in [-0.2, 0) is 6.18 Å². The lowest BCUT2D eigenvalue weighted by atomic mass is 9.96. The molecule has 0 bridgehead atoms. The minimum Gasteiger partial charge on any atom is -0.308 e. The molecule has 2 amide bonds. The number of nitrogens with zero attached hydrogens (tertiary/aromatic N) is 1. The number of hydrogen-bond acceptors (Lipinski definition) is 3. The van der Waals surface area contributed by atoms with Crippen LogP contribution in [0.25, 0.3) is 0 Å². The van der Waals surface area contributed by atoms with Crippen molar-refractivity contribution in [2.24, 2.45) is 0 Å². The van der Waals surface area contributed by atoms with Gasteiger partial charge < -0.3 is 10.6 Å². The standard InChI is InChI=1S/C17H15ClF3N3O3/c1-9(2)12-5-3-10(7-13(12)17(19,20)21)22-16(25)23-11-4-6-14(18)15(8-11)24(26)27/h3-9H,1-2H3,(H2,22,23,25). The van der Waals surface area contributed by atoms with Crippen LogP contribution in [0.15, 0.2) is 36.4 Å². The Morgan fingerprint density at radius 1 is 1.11 bits per heavy atom. The summed E-state index contributed by atoms with van der Waals surface area (Å²) in [4.78, 5) is 22.2. The highest BCUT2D eigenvalue weighted by Crippen LogP contribution is 2.36. The number of alkyl halides is 3. The minimum atomic E-state index is -4.56. The predicted octanol–water partition coefficient (Wildman–Crippen LogP) is 6.03. The smallest absolute Gasteiger partial charge is 0.308 e. The summed E-state index contributed by atoms with van der Waals surface area (Å²) in [5.74, 6) is -0.348. The van der Waals surface area contributed by atoms with Gasteiger partial charge in [0.05, 0.1) is 10.5 Å². The normalized spacial score (nSPS) is 11.4. The third kappa shape index (κ3) is 5.10. The van der Waals surface area contributed by atoms with Crippen molar-refractivity contribution in [3.8, 4) is 0 Å². The molecule has 0 saturated heterocycles. The molecule has 0 aromatic heterocycles. The second-order valence-corrected chi connectivity index (χ2v) is 6.36. The molecule has 2 aromatic carbocycles. The van der Waals surface area contributed by atoms with Crippen LogP contribution in [0.5, 0.6) is 0 Å². The van der Waals surface area contributed by atoms with Gasteiger partial charge in [0.2, 0.25) is 0 Å². The van der Waals surface area contributed by atoms with E-state index in [2.05, 4.69) is 10.6 Å². The first-order valence-corrected chi connectivity index (χ1v) is 8.10. The zero-order valence-electron chi connectivity index (χ0n) is 14.2. The molecule has 0 heterocycles. The predicted molar refractivity (Wildman–Crippen MR) is 96.3 cm³/mol. The molecule has 0 atom stereocenters. The van der Waals surface area contributed by atoms with E-state index in [0.717, 1.165) is 12.1 Å². The average molecular weight is 402 g/mol. The molecule has 2 N–H and O–H groups in total. The second kappa shape index (κ2) is 7.83. The molecule has 10 heteroatoms. The quantitative estimate of drug-likeness (QED) is 0.484. The molecule has 0 aliphatic heterocycles. The summed E-state index contributed by atoms with van der Waals surface area (Å²) in [7, 11) is 0. The van der Waals surface area contributed by atoms with Gasteiger partial charge in [-0.3, -0.25) is 10.1 Å². The van der Waals surface area contributed by atoms with Crippen LogP contribution < -0.4 is 10.6 Å². The van der Waals surface area contributed by atoms with Gasteiger partial charge in [0.1, 0.15) is 5.02 Å². The fourth-order valence-corrected chi connectivity index (χ4v) is 2.59. The van der Waals surface area contributed by atoms with Crippen molar-refractivity contribution in [2.45, 2.75) is 25.9 Å². The van der Waals surface area contributed by atoms with Gasteiger partial charge >= 0.3 is 12.2 Å². The Morgan fingerprint density at radius 3 is 2.19 bits per heavy atom. The number of hydrogen-bond donors (Lipinski definition) is 2. The van der Waals surface area contributed by atoms with Gasteiger partial charge in [-0.05, 0) is 35.7 Å². The van der Waals surface area contributed by atoms with Gasteiger partial charge in [-0.25, -0.2) is 4.79 Å². The molecule has 0 saturated carbocycles. The van der Waals surface area contributed by atoms with Crippen molar-refractivity contribution >= 4 is 34.7 Å². The molecule has 27 heavy (non-hydrogen) atoms. The Hall–Kier alpha value is -2.81. The van der Waals surface area contributed by atoms with E-state index in [9.17, 15) is 28.1 Å². The van der Waals surface area contributed by atoms with Crippen LogP contribution >= 0.6 is 11.6 Å². The Bertz CT molecular complexity index is 885. The third-order valence-corrected chi connectivity index (χ3v) is 3.96. The summed E-state index contributed by atoms with van der Waals surface area (Å²) in [5, 5.41) is 15.3. The van der Waals surface area contributed by atoms with Crippen molar-refractivity contribution in [3.63, 3.8) is 0 Å². The monoisotopic (exact) mass is 401 g/mol. The van der Waals surface area contributed by atoms with Gasteiger partial charge in [0.15, 0.2) is 0 Å². The molecule has 144 valence electrons. The lowest BCUT2D eigenvalue weighted by Gasteiger charge is -2.17. The summed E-state index contributed by atoms with van der Waals surface area (Å²) in [5.41, 5.74) is -1.12. The van der Waals surface area contributed by atoms with Crippen LogP contribution in [-0.4, -0.2) is 11.0 Å². The van der Waals surface area contributed by atoms with Gasteiger partial charge in [-0.2, -0.15) is 13.2 Å². The van der Waals surface area contributed by atoms with E-state index in [0.29, 0.717) is 0 Å². The van der Waals surface area contributed by atoms with E-state index in [-0.39, 0.29) is 27.9 Å². The van der Waals surface area contributed by atoms with Crippen molar-refractivity contribution in [1.29, 1.82) is 0 Å². The molecule has 2 rings (SSSR count). The number of benzene rings is 2. The molecular weight excluding hydrogens is 387 g/mol. The summed E-state index contributed by atoms with van der Waals surface area (Å²) in [6.45, 7) is 3.27. The number of halogens is 4. The molecule has 0 spiro atoms. The molecule has 0 fully saturated rings. The van der Waals surface area contributed by atoms with Crippen molar-refractivity contribution in [1.82, 2.24) is 0 Å². The zero-order chi connectivity index (χ0) is 20.4. The van der Waals surface area contributed by atoms with Crippen molar-refractivity contribution in [2.75, 3.05) is 10.6 Å². The highest BCUT2D eigenvalue weighted by molar-refractivity contribution is 6.32. The van der Waals surface area contributed by atoms with Gasteiger partial charge in [0.25, 0.3) is 5.69 Å². The molecule has 0 unspecified atom stereocenters. The van der Waals surface area contributed by atoms with E-state index in [1.165, 1.54) is 24.3 Å². The van der Waals surface area contributed by atoms with E-state index >= 15 is 0 Å². The van der Waals surface area contributed by atoms with E-state index in [4.69, 9.17) is 11.6 Å². The molecule has 0 radical (unpaired) electrons. The Balaban J connectivity index is 2.21. The molecule has 0 aliphatic carbocycles. The van der Waals surface area contributed by atoms with E-state index in [1.54, 1.807) is 13.8 Å². The molecule has 6 nitrogen and oxygen atoms in total. The van der Waals surface area contributed by atoms with Gasteiger partial charge in [-0.1, -0.05) is 31.5 Å². The highest BCUT2D eigenvalue weighted by Gasteiger charge is 2.34. The largest absolute Gasteiger partial charge is 0.416 e. The van der Waals surface area contributed by atoms with Crippen molar-refractivity contribution < 1.29 is 22.9 Å². The lowest BCUT2D eigenvalue weighted by Crippen LogP contribution is -2.20. The second-order valence-electron chi connectivity index (χ2n) is 5.96. The SMILES string of the molecule is CC(C)c1ccc(NC(=O)Nc2ccc(Cl)c([N+](=O)[O-])c2)cc1C(F)(F)F. The topological polar surface area (TPSA) is 84.3 Å². The fourth-order valence-electron chi connectivity index (χ4n) is 2.41. The van der Waals surface area contributed by atoms with E-state index in [1.807, 2.05) is 0 Å². The first kappa shape index (κ1) is 20.5. The first-order chi connectivity index (χ1) is 12.5. The number of anilines is 2. The Labute approximate surface area is 157 Å². The zero-order valence-corrected chi connectivity index (χ0v) is 15.0. The van der Waals surface area contributed by atoms with Crippen LogP contribution in [0, 0.1) is 10.1 Å². The van der Waals surface area contributed by atoms with Crippen LogP contribution in [0.4, 0.5) is 35.0 Å². The minimum absolute atomic E-state index is 0.0623. The number of amides is 2. The van der Waals surface area contributed by atoms with Crippen LogP contribution in [0.1, 0.15) is 30.9 Å². The maximum absolute atomic E-state index is 13.2. The average Bonchev–Trinajstić information content (AvgIpc) is 2.55. The number of urea groups is 1. The van der Waals surface area contributed by atoms with E-state index < -0.39 is 28.4 Å². The summed E-state index contributed by atoms with van der Waals surface area (Å²) in [6, 6.07) is 6.26. The first-order valence-electron chi connectivity index (χ1n) is 7.72. The maximum atomic E-state index is 13.2. The number of nitrogens with one attached hydrogen (secondary N) is 2. The number of carbonyl (C=O) groups is 1. The third-order valence-electron chi connectivity index (χ3n) is 3.64.